The standard InChI is InChI=1S/C33H29N3O/c1-20-6-7-30-28(14-20)29-17-24(5)27(19-31(29)36(30)32-15-21(2)8-10-34-32)25-12-23(4)13-26(18-25)37-33-16-22(3)9-11-35-33/h6-19H,1-5H3. The Morgan fingerprint density at radius 1 is 0.595 bits per heavy atom. The third-order valence-electron chi connectivity index (χ3n) is 6.87. The fourth-order valence-electron chi connectivity index (χ4n) is 5.14. The normalized spacial score (nSPS) is 11.4. The van der Waals surface area contributed by atoms with Crippen LogP contribution in [-0.4, -0.2) is 14.5 Å². The molecule has 6 rings (SSSR count). The van der Waals surface area contributed by atoms with Gasteiger partial charge in [-0.25, -0.2) is 9.97 Å². The molecule has 0 radical (unpaired) electrons. The minimum absolute atomic E-state index is 0.602. The summed E-state index contributed by atoms with van der Waals surface area (Å²) in [6.07, 6.45) is 3.66. The highest BCUT2D eigenvalue weighted by Gasteiger charge is 2.17. The molecule has 4 heteroatoms. The van der Waals surface area contributed by atoms with E-state index in [9.17, 15) is 0 Å². The van der Waals surface area contributed by atoms with Crippen molar-refractivity contribution in [3.8, 4) is 28.6 Å². The van der Waals surface area contributed by atoms with Crippen LogP contribution in [-0.2, 0) is 0 Å². The van der Waals surface area contributed by atoms with Crippen LogP contribution in [0.4, 0.5) is 0 Å². The molecule has 0 N–H and O–H groups in total. The van der Waals surface area contributed by atoms with E-state index in [4.69, 9.17) is 9.72 Å². The van der Waals surface area contributed by atoms with Gasteiger partial charge in [0.1, 0.15) is 11.6 Å². The van der Waals surface area contributed by atoms with Crippen LogP contribution in [0.25, 0.3) is 38.8 Å². The van der Waals surface area contributed by atoms with E-state index in [0.29, 0.717) is 5.88 Å². The number of ether oxygens (including phenoxy) is 1. The predicted octanol–water partition coefficient (Wildman–Crippen LogP) is 8.58. The number of fused-ring (bicyclic) bond motifs is 3. The Hall–Kier alpha value is -4.44. The van der Waals surface area contributed by atoms with Crippen LogP contribution >= 0.6 is 0 Å². The van der Waals surface area contributed by atoms with Gasteiger partial charge < -0.3 is 4.74 Å². The van der Waals surface area contributed by atoms with Gasteiger partial charge in [-0.3, -0.25) is 4.57 Å². The van der Waals surface area contributed by atoms with E-state index in [1.165, 1.54) is 33.0 Å². The minimum Gasteiger partial charge on any atom is -0.439 e. The molecule has 0 fully saturated rings. The number of nitrogens with zero attached hydrogens (tertiary/aromatic N) is 3. The van der Waals surface area contributed by atoms with Crippen LogP contribution in [0.2, 0.25) is 0 Å². The summed E-state index contributed by atoms with van der Waals surface area (Å²) in [5.74, 6) is 2.31. The van der Waals surface area contributed by atoms with Crippen molar-refractivity contribution in [1.29, 1.82) is 0 Å². The first-order chi connectivity index (χ1) is 17.9. The SMILES string of the molecule is Cc1cc(Oc2cc(C)ccn2)cc(-c2cc3c(cc2C)c2cc(C)ccc2n3-c2cc(C)ccn2)c1. The molecule has 0 aliphatic heterocycles. The highest BCUT2D eigenvalue weighted by molar-refractivity contribution is 6.10. The third kappa shape index (κ3) is 4.25. The molecule has 0 bridgehead atoms. The number of aromatic nitrogens is 3. The number of benzene rings is 3. The number of pyridine rings is 2. The van der Waals surface area contributed by atoms with Gasteiger partial charge in [0.25, 0.3) is 0 Å². The fraction of sp³-hybridized carbons (Fsp3) is 0.152. The maximum Gasteiger partial charge on any atom is 0.219 e. The van der Waals surface area contributed by atoms with E-state index in [-0.39, 0.29) is 0 Å². The Morgan fingerprint density at radius 2 is 1.32 bits per heavy atom. The topological polar surface area (TPSA) is 39.9 Å². The average molecular weight is 484 g/mol. The van der Waals surface area contributed by atoms with Gasteiger partial charge in [0, 0.05) is 29.2 Å². The van der Waals surface area contributed by atoms with Crippen LogP contribution in [0.3, 0.4) is 0 Å². The maximum atomic E-state index is 6.17. The molecule has 4 nitrogen and oxygen atoms in total. The van der Waals surface area contributed by atoms with Crippen LogP contribution in [0.15, 0.2) is 85.2 Å². The molecule has 0 amide bonds. The molecule has 3 aromatic carbocycles. The molecule has 6 aromatic rings. The van der Waals surface area contributed by atoms with Crippen LogP contribution in [0, 0.1) is 34.6 Å². The lowest BCUT2D eigenvalue weighted by Crippen LogP contribution is -1.98. The summed E-state index contributed by atoms with van der Waals surface area (Å²) in [5.41, 5.74) is 10.5. The lowest BCUT2D eigenvalue weighted by atomic mass is 9.96. The maximum absolute atomic E-state index is 6.17. The lowest BCUT2D eigenvalue weighted by Gasteiger charge is -2.13. The summed E-state index contributed by atoms with van der Waals surface area (Å²) >= 11 is 0. The summed E-state index contributed by atoms with van der Waals surface area (Å²) in [5, 5.41) is 2.48. The quantitative estimate of drug-likeness (QED) is 0.252. The van der Waals surface area contributed by atoms with Gasteiger partial charge in [0.2, 0.25) is 5.88 Å². The Labute approximate surface area is 217 Å². The highest BCUT2D eigenvalue weighted by atomic mass is 16.5. The van der Waals surface area contributed by atoms with Crippen LogP contribution in [0.5, 0.6) is 11.6 Å². The third-order valence-corrected chi connectivity index (χ3v) is 6.87. The van der Waals surface area contributed by atoms with Crippen LogP contribution in [0.1, 0.15) is 27.8 Å². The smallest absolute Gasteiger partial charge is 0.219 e. The van der Waals surface area contributed by atoms with E-state index >= 15 is 0 Å². The molecule has 3 heterocycles. The number of hydrogen-bond donors (Lipinski definition) is 0. The molecule has 0 aliphatic carbocycles. The van der Waals surface area contributed by atoms with Gasteiger partial charge >= 0.3 is 0 Å². The monoisotopic (exact) mass is 483 g/mol. The molecule has 0 atom stereocenters. The first-order valence-electron chi connectivity index (χ1n) is 12.6. The van der Waals surface area contributed by atoms with Gasteiger partial charge in [-0.1, -0.05) is 17.7 Å². The lowest BCUT2D eigenvalue weighted by molar-refractivity contribution is 0.462. The second-order valence-corrected chi connectivity index (χ2v) is 10.0. The molecule has 3 aromatic heterocycles. The molecule has 0 saturated carbocycles. The summed E-state index contributed by atoms with van der Waals surface area (Å²) in [6.45, 7) is 10.6. The van der Waals surface area contributed by atoms with Crippen molar-refractivity contribution in [2.75, 3.05) is 0 Å². The summed E-state index contributed by atoms with van der Waals surface area (Å²) in [4.78, 5) is 9.12. The molecule has 37 heavy (non-hydrogen) atoms. The zero-order valence-corrected chi connectivity index (χ0v) is 21.8. The van der Waals surface area contributed by atoms with Gasteiger partial charge in [-0.15, -0.1) is 0 Å². The number of aryl methyl sites for hydroxylation is 5. The van der Waals surface area contributed by atoms with Crippen molar-refractivity contribution in [1.82, 2.24) is 14.5 Å². The fourth-order valence-corrected chi connectivity index (χ4v) is 5.14. The zero-order chi connectivity index (χ0) is 25.7. The molecule has 0 unspecified atom stereocenters. The molecule has 0 aliphatic rings. The van der Waals surface area contributed by atoms with Gasteiger partial charge in [0.15, 0.2) is 0 Å². The molecular weight excluding hydrogens is 454 g/mol. The van der Waals surface area contributed by atoms with Crippen molar-refractivity contribution in [3.05, 3.63) is 113 Å². The van der Waals surface area contributed by atoms with E-state index < -0.39 is 0 Å². The van der Waals surface area contributed by atoms with E-state index in [0.717, 1.165) is 39.3 Å². The molecule has 0 saturated heterocycles. The summed E-state index contributed by atoms with van der Waals surface area (Å²) in [7, 11) is 0. The van der Waals surface area contributed by atoms with Gasteiger partial charge in [0.05, 0.1) is 11.0 Å². The summed E-state index contributed by atoms with van der Waals surface area (Å²) in [6, 6.07) is 25.7. The van der Waals surface area contributed by atoms with E-state index in [1.54, 1.807) is 6.20 Å². The second kappa shape index (κ2) is 8.90. The van der Waals surface area contributed by atoms with Crippen molar-refractivity contribution < 1.29 is 4.74 Å². The summed E-state index contributed by atoms with van der Waals surface area (Å²) < 4.78 is 8.45. The van der Waals surface area contributed by atoms with Crippen molar-refractivity contribution in [3.63, 3.8) is 0 Å². The molecule has 182 valence electrons. The van der Waals surface area contributed by atoms with Crippen molar-refractivity contribution >= 4 is 21.8 Å². The van der Waals surface area contributed by atoms with Gasteiger partial charge in [-0.05, 0) is 123 Å². The largest absolute Gasteiger partial charge is 0.439 e. The Balaban J connectivity index is 1.57. The minimum atomic E-state index is 0.602. The van der Waals surface area contributed by atoms with Crippen molar-refractivity contribution in [2.45, 2.75) is 34.6 Å². The van der Waals surface area contributed by atoms with Crippen molar-refractivity contribution in [2.24, 2.45) is 0 Å². The number of rotatable bonds is 4. The van der Waals surface area contributed by atoms with Gasteiger partial charge in [-0.2, -0.15) is 0 Å². The highest BCUT2D eigenvalue weighted by Crippen LogP contribution is 2.38. The molecule has 0 spiro atoms. The Morgan fingerprint density at radius 3 is 2.11 bits per heavy atom. The van der Waals surface area contributed by atoms with E-state index in [2.05, 4.69) is 91.8 Å². The molecular formula is C33H29N3O. The second-order valence-electron chi connectivity index (χ2n) is 10.0. The number of hydrogen-bond acceptors (Lipinski definition) is 3. The predicted molar refractivity (Wildman–Crippen MR) is 152 cm³/mol. The van der Waals surface area contributed by atoms with Crippen LogP contribution < -0.4 is 4.74 Å². The zero-order valence-electron chi connectivity index (χ0n) is 21.8. The van der Waals surface area contributed by atoms with E-state index in [1.807, 2.05) is 31.3 Å². The average Bonchev–Trinajstić information content (AvgIpc) is 3.15. The Kier molecular flexibility index (Phi) is 5.53. The first-order valence-corrected chi connectivity index (χ1v) is 12.6. The first kappa shape index (κ1) is 23.0. The Bertz CT molecular complexity index is 1810.